The molecule has 38 atom stereocenters. The topological polar surface area (TPSA) is 512 Å². The highest BCUT2D eigenvalue weighted by molar-refractivity contribution is 5.80. The lowest BCUT2D eigenvalue weighted by atomic mass is 9.33. The maximum absolute atomic E-state index is 15.4. The van der Waals surface area contributed by atoms with Crippen LogP contribution in [0.5, 0.6) is 0 Å². The Morgan fingerprint density at radius 1 is 0.495 bits per heavy atom. The number of hydrogen-bond donors (Lipinski definition) is 19. The molecular formula is C65H106O32. The number of fused-ring (bicyclic) bond motifs is 7. The first-order valence-electron chi connectivity index (χ1n) is 34.2. The van der Waals surface area contributed by atoms with Crippen molar-refractivity contribution in [1.82, 2.24) is 0 Å². The van der Waals surface area contributed by atoms with Gasteiger partial charge in [-0.1, -0.05) is 60.1 Å². The van der Waals surface area contributed by atoms with Gasteiger partial charge in [0.25, 0.3) is 0 Å². The van der Waals surface area contributed by atoms with Crippen molar-refractivity contribution in [2.24, 2.45) is 50.2 Å². The summed E-state index contributed by atoms with van der Waals surface area (Å²) in [5.41, 5.74) is -3.15. The first-order valence-corrected chi connectivity index (χ1v) is 34.2. The van der Waals surface area contributed by atoms with Crippen molar-refractivity contribution in [2.75, 3.05) is 33.0 Å². The number of aliphatic hydroxyl groups excluding tert-OH is 19. The number of hydrogen-bond acceptors (Lipinski definition) is 32. The molecule has 6 saturated heterocycles. The van der Waals surface area contributed by atoms with Crippen LogP contribution in [0.3, 0.4) is 0 Å². The van der Waals surface area contributed by atoms with Gasteiger partial charge < -0.3 is 154 Å². The Morgan fingerprint density at radius 3 is 1.61 bits per heavy atom. The third-order valence-corrected chi connectivity index (χ3v) is 25.2. The summed E-state index contributed by atoms with van der Waals surface area (Å²) in [6.45, 7) is 13.0. The zero-order valence-electron chi connectivity index (χ0n) is 55.9. The molecule has 6 heterocycles. The number of carbonyl (C=O) groups excluding carboxylic acids is 1. The van der Waals surface area contributed by atoms with E-state index in [1.54, 1.807) is 0 Å². The predicted molar refractivity (Wildman–Crippen MR) is 322 cm³/mol. The SMILES string of the molecule is C[C@@H]1O[C@@H](O[C@H]2[C@H](O)[C@@H](O)[C@H](OC[C@H]3O[C@@H](OC(=O)[C@]45CCC(C)(C)C[C@H]4C4=CC[C@@H]6[C@@]7(C)CCC(O[C@@H]8OC[C@H](O)[C@H](O[C@@H]9O[C@H](CO)[C@@H](O)[C@H](O)[C@H]9O)[C@H]8O[C@@H]8O[C@H](CO)[C@@H](O)[C@H](O)[C@H]8O)C(C)(C)[C@@H]7CC[C@@]6(C)[C@]4(C)C[C@H]5O)[C@H](O)[C@@H](O)[C@@H]3O)O[C@@H]2CO)[C@H](O)[C@H](O)[C@H]1O. The van der Waals surface area contributed by atoms with Crippen LogP contribution in [0.1, 0.15) is 113 Å². The number of allylic oxidation sites excluding steroid dienone is 2. The van der Waals surface area contributed by atoms with Gasteiger partial charge in [-0.3, -0.25) is 4.79 Å². The standard InChI is InChI=1S/C65H106O32/c1-24-36(71)40(75)45(80)54(88-24)95-51-30(21-68)91-53(49(84)44(51)79)87-23-31-39(74)43(78)48(83)57(92-31)97-59(85)65-16-15-60(2,3)17-26(65)25-9-10-33-62(6)13-12-35(61(4,5)32(62)11-14-63(33,7)64(25,8)18-34(65)70)93-58-52(96-56-47(82)42(77)38(73)29(20-67)90-56)50(27(69)22-86-58)94-55-46(81)41(76)37(72)28(19-66)89-55/h9,24,26-58,66-84H,10-23H2,1-8H3/t24-,26-,27-,28+,29+,30+,31+,32-,33+,34+,35?,36-,37+,38+,39+,40+,41-,42-,43-,44+,45+,46+,47+,48+,49+,50-,51+,52+,53+,54-,55-,56-,57-,58-,62-,63+,64+,65+/m0/s1. The van der Waals surface area contributed by atoms with Crippen LogP contribution in [0.4, 0.5) is 0 Å². The molecule has 558 valence electrons. The molecule has 10 fully saturated rings. The van der Waals surface area contributed by atoms with Crippen molar-refractivity contribution < 1.29 is 159 Å². The largest absolute Gasteiger partial charge is 0.432 e. The molecule has 4 saturated carbocycles. The molecule has 32 nitrogen and oxygen atoms in total. The normalized spacial score (nSPS) is 54.5. The Morgan fingerprint density at radius 2 is 1.01 bits per heavy atom. The quantitative estimate of drug-likeness (QED) is 0.0389. The summed E-state index contributed by atoms with van der Waals surface area (Å²) in [6.07, 6.45) is -44.8. The van der Waals surface area contributed by atoms with Gasteiger partial charge in [-0.15, -0.1) is 0 Å². The highest BCUT2D eigenvalue weighted by atomic mass is 16.8. The fourth-order valence-corrected chi connectivity index (χ4v) is 19.1. The van der Waals surface area contributed by atoms with Crippen LogP contribution in [0.15, 0.2) is 11.6 Å². The van der Waals surface area contributed by atoms with Gasteiger partial charge in [0.2, 0.25) is 6.29 Å². The third-order valence-electron chi connectivity index (χ3n) is 25.2. The van der Waals surface area contributed by atoms with Crippen LogP contribution in [0.2, 0.25) is 0 Å². The Hall–Kier alpha value is -1.99. The molecule has 0 radical (unpaired) electrons. The van der Waals surface area contributed by atoms with Crippen molar-refractivity contribution in [3.8, 4) is 0 Å². The first-order chi connectivity index (χ1) is 45.5. The van der Waals surface area contributed by atoms with Crippen LogP contribution < -0.4 is 0 Å². The van der Waals surface area contributed by atoms with E-state index < -0.39 is 257 Å². The number of aliphatic hydroxyl groups is 19. The monoisotopic (exact) mass is 1400 g/mol. The average molecular weight is 1400 g/mol. The zero-order chi connectivity index (χ0) is 70.9. The Labute approximate surface area is 561 Å². The van der Waals surface area contributed by atoms with Gasteiger partial charge in [-0.2, -0.15) is 0 Å². The van der Waals surface area contributed by atoms with E-state index >= 15 is 4.79 Å². The molecule has 32 heteroatoms. The molecule has 6 aliphatic heterocycles. The van der Waals surface area contributed by atoms with Gasteiger partial charge in [0, 0.05) is 0 Å². The molecule has 0 aromatic rings. The maximum Gasteiger partial charge on any atom is 0.317 e. The summed E-state index contributed by atoms with van der Waals surface area (Å²) in [5.74, 6) is -1.52. The summed E-state index contributed by atoms with van der Waals surface area (Å²) in [4.78, 5) is 15.4. The second kappa shape index (κ2) is 28.5. The van der Waals surface area contributed by atoms with Crippen LogP contribution in [-0.2, 0) is 61.6 Å². The van der Waals surface area contributed by atoms with Crippen LogP contribution in [0.25, 0.3) is 0 Å². The van der Waals surface area contributed by atoms with Gasteiger partial charge in [0.05, 0.1) is 51.3 Å². The van der Waals surface area contributed by atoms with E-state index in [0.717, 1.165) is 5.57 Å². The second-order valence-electron chi connectivity index (χ2n) is 31.6. The van der Waals surface area contributed by atoms with E-state index in [9.17, 15) is 97.0 Å². The zero-order valence-corrected chi connectivity index (χ0v) is 55.9. The highest BCUT2D eigenvalue weighted by Gasteiger charge is 2.72. The number of rotatable bonds is 16. The molecular weight excluding hydrogens is 1290 g/mol. The summed E-state index contributed by atoms with van der Waals surface area (Å²) >= 11 is 0. The van der Waals surface area contributed by atoms with Crippen molar-refractivity contribution in [3.63, 3.8) is 0 Å². The van der Waals surface area contributed by atoms with Crippen LogP contribution >= 0.6 is 0 Å². The number of ether oxygens (including phenoxy) is 12. The van der Waals surface area contributed by atoms with Gasteiger partial charge in [-0.25, -0.2) is 0 Å². The van der Waals surface area contributed by atoms with Gasteiger partial charge in [0.1, 0.15) is 140 Å². The molecule has 0 amide bonds. The summed E-state index contributed by atoms with van der Waals surface area (Å²) < 4.78 is 71.9. The molecule has 0 aromatic heterocycles. The Balaban J connectivity index is 0.801. The van der Waals surface area contributed by atoms with E-state index in [1.165, 1.54) is 6.92 Å². The molecule has 11 rings (SSSR count). The van der Waals surface area contributed by atoms with E-state index in [0.29, 0.717) is 44.9 Å². The second-order valence-corrected chi connectivity index (χ2v) is 31.6. The fourth-order valence-electron chi connectivity index (χ4n) is 19.1. The lowest BCUT2D eigenvalue weighted by molar-refractivity contribution is -0.389. The van der Waals surface area contributed by atoms with Crippen molar-refractivity contribution >= 4 is 5.97 Å². The summed E-state index contributed by atoms with van der Waals surface area (Å²) in [7, 11) is 0. The minimum absolute atomic E-state index is 0.00102. The molecule has 0 spiro atoms. The molecule has 1 unspecified atom stereocenters. The number of carbonyl (C=O) groups is 1. The molecule has 0 bridgehead atoms. The van der Waals surface area contributed by atoms with Crippen molar-refractivity contribution in [2.45, 2.75) is 304 Å². The summed E-state index contributed by atoms with van der Waals surface area (Å²) in [5, 5.41) is 207. The lowest BCUT2D eigenvalue weighted by Crippen LogP contribution is -2.68. The van der Waals surface area contributed by atoms with Gasteiger partial charge in [0.15, 0.2) is 31.5 Å². The maximum atomic E-state index is 15.4. The first kappa shape index (κ1) is 76.1. The molecule has 0 aromatic carbocycles. The van der Waals surface area contributed by atoms with E-state index in [4.69, 9.17) is 56.8 Å². The van der Waals surface area contributed by atoms with Crippen molar-refractivity contribution in [3.05, 3.63) is 11.6 Å². The molecule has 97 heavy (non-hydrogen) atoms. The molecule has 11 aliphatic rings. The minimum atomic E-state index is -2.01. The fraction of sp³-hybridized carbons (Fsp3) is 0.954. The summed E-state index contributed by atoms with van der Waals surface area (Å²) in [6, 6.07) is 0. The molecule has 19 N–H and O–H groups in total. The highest BCUT2D eigenvalue weighted by Crippen LogP contribution is 2.76. The van der Waals surface area contributed by atoms with Crippen LogP contribution in [-0.4, -0.2) is 326 Å². The van der Waals surface area contributed by atoms with E-state index in [-0.39, 0.29) is 35.5 Å². The van der Waals surface area contributed by atoms with Gasteiger partial charge in [-0.05, 0) is 110 Å². The third kappa shape index (κ3) is 13.0. The Bertz CT molecular complexity index is 2730. The average Bonchev–Trinajstić information content (AvgIpc) is 0.672. The predicted octanol–water partition coefficient (Wildman–Crippen LogP) is -5.75. The van der Waals surface area contributed by atoms with Crippen LogP contribution in [0, 0.1) is 50.2 Å². The van der Waals surface area contributed by atoms with E-state index in [1.807, 2.05) is 0 Å². The smallest absolute Gasteiger partial charge is 0.317 e. The Kier molecular flexibility index (Phi) is 22.4. The van der Waals surface area contributed by atoms with Gasteiger partial charge >= 0.3 is 5.97 Å². The molecule has 5 aliphatic carbocycles. The minimum Gasteiger partial charge on any atom is -0.432 e. The van der Waals surface area contributed by atoms with Crippen molar-refractivity contribution in [1.29, 1.82) is 0 Å². The number of esters is 1. The lowest BCUT2D eigenvalue weighted by Gasteiger charge is -2.71. The van der Waals surface area contributed by atoms with E-state index in [2.05, 4.69) is 54.5 Å².